The Morgan fingerprint density at radius 1 is 1.47 bits per heavy atom. The zero-order chi connectivity index (χ0) is 10.4. The summed E-state index contributed by atoms with van der Waals surface area (Å²) in [5.74, 6) is 0. The first-order valence-electron chi connectivity index (χ1n) is 5.15. The third kappa shape index (κ3) is 1.48. The molecule has 4 heteroatoms. The molecule has 15 heavy (non-hydrogen) atoms. The van der Waals surface area contributed by atoms with Gasteiger partial charge in [-0.05, 0) is 40.9 Å². The van der Waals surface area contributed by atoms with Gasteiger partial charge in [0.05, 0.1) is 5.69 Å². The van der Waals surface area contributed by atoms with Crippen LogP contribution in [0, 0.1) is 0 Å². The van der Waals surface area contributed by atoms with E-state index in [4.69, 9.17) is 5.73 Å². The van der Waals surface area contributed by atoms with Crippen molar-refractivity contribution in [2.45, 2.75) is 25.3 Å². The van der Waals surface area contributed by atoms with E-state index in [1.165, 1.54) is 11.4 Å². The predicted molar refractivity (Wildman–Crippen MR) is 62.9 cm³/mol. The minimum absolute atomic E-state index is 0.283. The molecule has 2 heterocycles. The molecule has 2 aromatic heterocycles. The van der Waals surface area contributed by atoms with Crippen LogP contribution < -0.4 is 5.73 Å². The van der Waals surface area contributed by atoms with E-state index in [1.54, 1.807) is 0 Å². The molecule has 78 valence electrons. The van der Waals surface area contributed by atoms with Crippen molar-refractivity contribution in [1.82, 2.24) is 9.38 Å². The maximum Gasteiger partial charge on any atom is 0.137 e. The highest BCUT2D eigenvalue weighted by Crippen LogP contribution is 2.23. The van der Waals surface area contributed by atoms with E-state index >= 15 is 0 Å². The van der Waals surface area contributed by atoms with E-state index in [2.05, 4.69) is 31.5 Å². The van der Waals surface area contributed by atoms with Gasteiger partial charge in [-0.2, -0.15) is 0 Å². The monoisotopic (exact) mass is 265 g/mol. The largest absolute Gasteiger partial charge is 0.327 e. The van der Waals surface area contributed by atoms with Gasteiger partial charge in [0, 0.05) is 28.8 Å². The molecule has 3 rings (SSSR count). The Labute approximate surface area is 96.4 Å². The van der Waals surface area contributed by atoms with Crippen LogP contribution >= 0.6 is 15.9 Å². The first-order valence-corrected chi connectivity index (χ1v) is 5.94. The van der Waals surface area contributed by atoms with Crippen molar-refractivity contribution in [1.29, 1.82) is 0 Å². The van der Waals surface area contributed by atoms with Crippen LogP contribution in [0.4, 0.5) is 0 Å². The fourth-order valence-electron chi connectivity index (χ4n) is 2.22. The normalized spacial score (nSPS) is 20.5. The zero-order valence-corrected chi connectivity index (χ0v) is 9.87. The average Bonchev–Trinajstić information content (AvgIpc) is 2.54. The van der Waals surface area contributed by atoms with Gasteiger partial charge >= 0.3 is 0 Å². The molecule has 0 amide bonds. The second-order valence-electron chi connectivity index (χ2n) is 4.08. The van der Waals surface area contributed by atoms with Crippen molar-refractivity contribution in [2.75, 3.05) is 0 Å². The Morgan fingerprint density at radius 2 is 2.33 bits per heavy atom. The molecule has 0 radical (unpaired) electrons. The lowest BCUT2D eigenvalue weighted by Crippen LogP contribution is -2.28. The number of rotatable bonds is 0. The number of halogens is 1. The van der Waals surface area contributed by atoms with Crippen molar-refractivity contribution in [2.24, 2.45) is 5.73 Å². The van der Waals surface area contributed by atoms with Crippen molar-refractivity contribution in [3.8, 4) is 0 Å². The summed E-state index contributed by atoms with van der Waals surface area (Å²) in [5, 5.41) is 0. The minimum Gasteiger partial charge on any atom is -0.327 e. The number of aryl methyl sites for hydroxylation is 1. The topological polar surface area (TPSA) is 43.3 Å². The van der Waals surface area contributed by atoms with Gasteiger partial charge in [-0.1, -0.05) is 0 Å². The molecule has 0 saturated carbocycles. The lowest BCUT2D eigenvalue weighted by molar-refractivity contribution is 0.561. The standard InChI is InChI=1S/C11H12BrN3/c12-7-1-4-11-14-9-5-8(13)2-3-10(9)15(11)6-7/h1,4,6,8H,2-3,5,13H2. The number of hydrogen-bond acceptors (Lipinski definition) is 2. The Balaban J connectivity index is 2.24. The smallest absolute Gasteiger partial charge is 0.137 e. The van der Waals surface area contributed by atoms with Gasteiger partial charge in [0.25, 0.3) is 0 Å². The van der Waals surface area contributed by atoms with Gasteiger partial charge in [0.1, 0.15) is 5.65 Å². The molecule has 2 aromatic rings. The van der Waals surface area contributed by atoms with Crippen LogP contribution in [0.1, 0.15) is 17.8 Å². The van der Waals surface area contributed by atoms with Crippen molar-refractivity contribution < 1.29 is 0 Å². The number of nitrogens with two attached hydrogens (primary N) is 1. The second kappa shape index (κ2) is 3.32. The molecule has 1 atom stereocenters. The highest BCUT2D eigenvalue weighted by atomic mass is 79.9. The summed E-state index contributed by atoms with van der Waals surface area (Å²) in [6.07, 6.45) is 5.09. The number of fused-ring (bicyclic) bond motifs is 3. The first-order chi connectivity index (χ1) is 7.24. The molecule has 0 aliphatic heterocycles. The van der Waals surface area contributed by atoms with E-state index in [0.29, 0.717) is 0 Å². The van der Waals surface area contributed by atoms with E-state index in [-0.39, 0.29) is 6.04 Å². The Kier molecular flexibility index (Phi) is 2.07. The van der Waals surface area contributed by atoms with Gasteiger partial charge in [-0.25, -0.2) is 4.98 Å². The van der Waals surface area contributed by atoms with Crippen LogP contribution in [0.5, 0.6) is 0 Å². The highest BCUT2D eigenvalue weighted by Gasteiger charge is 2.20. The fourth-order valence-corrected chi connectivity index (χ4v) is 2.55. The highest BCUT2D eigenvalue weighted by molar-refractivity contribution is 9.10. The molecule has 1 aliphatic rings. The molecule has 0 aromatic carbocycles. The van der Waals surface area contributed by atoms with Crippen LogP contribution in [0.3, 0.4) is 0 Å². The van der Waals surface area contributed by atoms with Crippen LogP contribution in [0.25, 0.3) is 5.65 Å². The number of hydrogen-bond donors (Lipinski definition) is 1. The van der Waals surface area contributed by atoms with Crippen molar-refractivity contribution in [3.63, 3.8) is 0 Å². The maximum absolute atomic E-state index is 5.94. The summed E-state index contributed by atoms with van der Waals surface area (Å²) >= 11 is 3.48. The maximum atomic E-state index is 5.94. The summed E-state index contributed by atoms with van der Waals surface area (Å²) in [6.45, 7) is 0. The summed E-state index contributed by atoms with van der Waals surface area (Å²) in [5.41, 5.74) is 9.47. The Bertz CT molecular complexity index is 518. The lowest BCUT2D eigenvalue weighted by atomic mass is 9.97. The van der Waals surface area contributed by atoms with Crippen LogP contribution in [0.15, 0.2) is 22.8 Å². The Hall–Kier alpha value is -0.870. The van der Waals surface area contributed by atoms with Gasteiger partial charge in [0.2, 0.25) is 0 Å². The van der Waals surface area contributed by atoms with Crippen LogP contribution in [0.2, 0.25) is 0 Å². The molecule has 2 N–H and O–H groups in total. The first kappa shape index (κ1) is 9.36. The molecule has 0 bridgehead atoms. The van der Waals surface area contributed by atoms with Crippen molar-refractivity contribution in [3.05, 3.63) is 34.2 Å². The number of aromatic nitrogens is 2. The Morgan fingerprint density at radius 3 is 3.20 bits per heavy atom. The van der Waals surface area contributed by atoms with Gasteiger partial charge in [-0.3, -0.25) is 0 Å². The summed E-state index contributed by atoms with van der Waals surface area (Å²) in [6, 6.07) is 4.34. The summed E-state index contributed by atoms with van der Waals surface area (Å²) in [7, 11) is 0. The van der Waals surface area contributed by atoms with E-state index in [0.717, 1.165) is 29.4 Å². The van der Waals surface area contributed by atoms with Crippen molar-refractivity contribution >= 4 is 21.6 Å². The van der Waals surface area contributed by atoms with E-state index in [1.807, 2.05) is 12.1 Å². The third-order valence-corrected chi connectivity index (χ3v) is 3.44. The van der Waals surface area contributed by atoms with Crippen LogP contribution in [-0.4, -0.2) is 15.4 Å². The third-order valence-electron chi connectivity index (χ3n) is 2.97. The van der Waals surface area contributed by atoms with Gasteiger partial charge < -0.3 is 10.1 Å². The SMILES string of the molecule is NC1CCc2c(nc3ccc(Br)cn23)C1. The molecule has 1 aliphatic carbocycles. The molecule has 0 fully saturated rings. The predicted octanol–water partition coefficient (Wildman–Crippen LogP) is 1.91. The minimum atomic E-state index is 0.283. The number of nitrogens with zero attached hydrogens (tertiary/aromatic N) is 2. The van der Waals surface area contributed by atoms with E-state index in [9.17, 15) is 0 Å². The number of pyridine rings is 1. The quantitative estimate of drug-likeness (QED) is 0.791. The lowest BCUT2D eigenvalue weighted by Gasteiger charge is -2.17. The molecule has 3 nitrogen and oxygen atoms in total. The number of imidazole rings is 1. The molecular formula is C11H12BrN3. The fraction of sp³-hybridized carbons (Fsp3) is 0.364. The van der Waals surface area contributed by atoms with Gasteiger partial charge in [0.15, 0.2) is 0 Å². The van der Waals surface area contributed by atoms with E-state index < -0.39 is 0 Å². The molecule has 0 spiro atoms. The summed E-state index contributed by atoms with van der Waals surface area (Å²) < 4.78 is 3.26. The van der Waals surface area contributed by atoms with Crippen LogP contribution in [-0.2, 0) is 12.8 Å². The molecule has 0 saturated heterocycles. The summed E-state index contributed by atoms with van der Waals surface area (Å²) in [4.78, 5) is 4.61. The average molecular weight is 266 g/mol. The zero-order valence-electron chi connectivity index (χ0n) is 8.28. The molecular weight excluding hydrogens is 254 g/mol. The van der Waals surface area contributed by atoms with Gasteiger partial charge in [-0.15, -0.1) is 0 Å². The second-order valence-corrected chi connectivity index (χ2v) is 5.00. The molecule has 1 unspecified atom stereocenters.